The van der Waals surface area contributed by atoms with Gasteiger partial charge in [-0.25, -0.2) is 4.79 Å². The van der Waals surface area contributed by atoms with E-state index in [9.17, 15) is 14.4 Å². The molecular weight excluding hydrogens is 677 g/mol. The van der Waals surface area contributed by atoms with Crippen molar-refractivity contribution < 1.29 is 28.6 Å². The molecule has 0 aliphatic heterocycles. The van der Waals surface area contributed by atoms with Crippen LogP contribution in [-0.2, 0) is 23.8 Å². The summed E-state index contributed by atoms with van der Waals surface area (Å²) in [4.78, 5) is 39.7. The fourth-order valence-corrected chi connectivity index (χ4v) is 6.36. The topological polar surface area (TPSA) is 94.2 Å². The lowest BCUT2D eigenvalue weighted by atomic mass is 10.1. The van der Waals surface area contributed by atoms with Crippen LogP contribution in [0.15, 0.2) is 24.3 Å². The average molecular weight is 763 g/mol. The van der Waals surface area contributed by atoms with E-state index in [1.54, 1.807) is 0 Å². The number of carbonyl (C=O) groups excluding carboxylic acids is 3. The zero-order valence-electron chi connectivity index (χ0n) is 35.8. The van der Waals surface area contributed by atoms with Crippen molar-refractivity contribution in [2.24, 2.45) is 0 Å². The molecule has 0 radical (unpaired) electrons. The molecule has 0 fully saturated rings. The number of ether oxygens (including phenoxy) is 3. The van der Waals surface area contributed by atoms with E-state index in [0.717, 1.165) is 64.5 Å². The van der Waals surface area contributed by atoms with E-state index in [0.29, 0.717) is 19.4 Å². The summed E-state index contributed by atoms with van der Waals surface area (Å²) in [6, 6.07) is -0.665. The van der Waals surface area contributed by atoms with Crippen molar-refractivity contribution in [3.05, 3.63) is 24.3 Å². The standard InChI is InChI=1S/C46H86N2O6/c1-5-9-11-13-15-17-19-21-23-25-27-29-31-33-35-37-44(49)53-41-43(47-46(51)52-40-39-48(7-3)8-4)42-54-45(50)38-36-34-32-30-28-26-24-22-20-18-16-14-12-10-6-2/h21-24,43H,5-20,25-42H2,1-4H3,(H,47,51)/b23-21-,24-22-. The minimum atomic E-state index is -0.665. The number of unbranched alkanes of at least 4 members (excludes halogenated alkanes) is 22. The molecule has 8 heteroatoms. The fourth-order valence-electron chi connectivity index (χ4n) is 6.36. The van der Waals surface area contributed by atoms with E-state index in [-0.39, 0.29) is 31.8 Å². The SMILES string of the molecule is CCCCCCCC/C=C\CCCCCCCC(=O)OCC(COC(=O)CCCCCCC/C=C\CCCCCCCC)NC(=O)OCCN(CC)CC. The maximum atomic E-state index is 12.5. The van der Waals surface area contributed by atoms with E-state index < -0.39 is 12.1 Å². The number of rotatable bonds is 40. The normalized spacial score (nSPS) is 11.7. The Bertz CT molecular complexity index is 848. The number of allylic oxidation sites excluding steroid dienone is 4. The van der Waals surface area contributed by atoms with Gasteiger partial charge in [0.25, 0.3) is 0 Å². The average Bonchev–Trinajstić information content (AvgIpc) is 3.17. The van der Waals surface area contributed by atoms with Gasteiger partial charge in [0, 0.05) is 19.4 Å². The molecule has 0 unspecified atom stereocenters. The monoisotopic (exact) mass is 763 g/mol. The van der Waals surface area contributed by atoms with E-state index >= 15 is 0 Å². The summed E-state index contributed by atoms with van der Waals surface area (Å²) in [5.74, 6) is -0.595. The number of hydrogen-bond acceptors (Lipinski definition) is 7. The number of carbonyl (C=O) groups is 3. The lowest BCUT2D eigenvalue weighted by Crippen LogP contribution is -2.43. The van der Waals surface area contributed by atoms with Crippen molar-refractivity contribution in [2.45, 2.75) is 214 Å². The maximum Gasteiger partial charge on any atom is 0.407 e. The Morgan fingerprint density at radius 1 is 0.481 bits per heavy atom. The first-order chi connectivity index (χ1) is 26.5. The molecule has 1 amide bonds. The third-order valence-electron chi connectivity index (χ3n) is 10.0. The van der Waals surface area contributed by atoms with Crippen LogP contribution in [0.4, 0.5) is 4.79 Å². The summed E-state index contributed by atoms with van der Waals surface area (Å²) in [5.41, 5.74) is 0. The lowest BCUT2D eigenvalue weighted by Gasteiger charge is -2.20. The van der Waals surface area contributed by atoms with Gasteiger partial charge in [0.05, 0.1) is 0 Å². The van der Waals surface area contributed by atoms with Gasteiger partial charge < -0.3 is 24.4 Å². The third-order valence-corrected chi connectivity index (χ3v) is 10.0. The predicted molar refractivity (Wildman–Crippen MR) is 227 cm³/mol. The Labute approximate surface area is 333 Å². The third kappa shape index (κ3) is 37.9. The molecule has 0 aromatic rings. The number of nitrogens with zero attached hydrogens (tertiary/aromatic N) is 1. The Morgan fingerprint density at radius 2 is 0.833 bits per heavy atom. The van der Waals surface area contributed by atoms with E-state index in [2.05, 4.69) is 62.2 Å². The fraction of sp³-hybridized carbons (Fsp3) is 0.848. The van der Waals surface area contributed by atoms with Crippen LogP contribution in [0.1, 0.15) is 207 Å². The molecule has 1 N–H and O–H groups in total. The Hall–Kier alpha value is -2.35. The van der Waals surface area contributed by atoms with Crippen molar-refractivity contribution in [3.8, 4) is 0 Å². The van der Waals surface area contributed by atoms with Crippen molar-refractivity contribution in [1.29, 1.82) is 0 Å². The van der Waals surface area contributed by atoms with Crippen molar-refractivity contribution in [1.82, 2.24) is 10.2 Å². The van der Waals surface area contributed by atoms with Crippen LogP contribution < -0.4 is 5.32 Å². The van der Waals surface area contributed by atoms with Crippen LogP contribution in [0.5, 0.6) is 0 Å². The summed E-state index contributed by atoms with van der Waals surface area (Å²) in [6.07, 6.45) is 40.6. The smallest absolute Gasteiger partial charge is 0.407 e. The molecule has 0 aliphatic carbocycles. The highest BCUT2D eigenvalue weighted by molar-refractivity contribution is 5.70. The summed E-state index contributed by atoms with van der Waals surface area (Å²) in [6.45, 7) is 11.2. The zero-order valence-corrected chi connectivity index (χ0v) is 35.8. The van der Waals surface area contributed by atoms with Gasteiger partial charge in [-0.1, -0.05) is 155 Å². The van der Waals surface area contributed by atoms with Crippen molar-refractivity contribution >= 4 is 18.0 Å². The minimum Gasteiger partial charge on any atom is -0.463 e. The van der Waals surface area contributed by atoms with E-state index in [1.165, 1.54) is 116 Å². The molecule has 0 atom stereocenters. The van der Waals surface area contributed by atoms with Gasteiger partial charge in [-0.15, -0.1) is 0 Å². The van der Waals surface area contributed by atoms with Gasteiger partial charge in [-0.05, 0) is 77.3 Å². The van der Waals surface area contributed by atoms with Gasteiger partial charge in [0.15, 0.2) is 0 Å². The molecular formula is C46H86N2O6. The lowest BCUT2D eigenvalue weighted by molar-refractivity contribution is -0.147. The zero-order chi connectivity index (χ0) is 39.6. The number of alkyl carbamates (subject to hydrolysis) is 1. The van der Waals surface area contributed by atoms with Crippen LogP contribution in [0.3, 0.4) is 0 Å². The van der Waals surface area contributed by atoms with Gasteiger partial charge in [0.1, 0.15) is 25.9 Å². The molecule has 0 aromatic heterocycles. The Morgan fingerprint density at radius 3 is 1.20 bits per heavy atom. The highest BCUT2D eigenvalue weighted by Gasteiger charge is 2.18. The van der Waals surface area contributed by atoms with E-state index in [4.69, 9.17) is 14.2 Å². The molecule has 0 aliphatic rings. The number of esters is 2. The predicted octanol–water partition coefficient (Wildman–Crippen LogP) is 12.6. The largest absolute Gasteiger partial charge is 0.463 e. The Kier molecular flexibility index (Phi) is 40.0. The second kappa shape index (κ2) is 41.8. The molecule has 8 nitrogen and oxygen atoms in total. The number of nitrogens with one attached hydrogen (secondary N) is 1. The molecule has 0 saturated carbocycles. The van der Waals surface area contributed by atoms with Gasteiger partial charge in [-0.3, -0.25) is 9.59 Å². The molecule has 0 heterocycles. The second-order valence-electron chi connectivity index (χ2n) is 15.0. The first-order valence-electron chi connectivity index (χ1n) is 22.7. The van der Waals surface area contributed by atoms with Crippen LogP contribution >= 0.6 is 0 Å². The number of amides is 1. The number of likely N-dealkylation sites (N-methyl/N-ethyl adjacent to an activating group) is 1. The molecule has 0 rings (SSSR count). The summed E-state index contributed by atoms with van der Waals surface area (Å²) >= 11 is 0. The Balaban J connectivity index is 4.27. The van der Waals surface area contributed by atoms with Crippen molar-refractivity contribution in [2.75, 3.05) is 39.5 Å². The first kappa shape index (κ1) is 51.6. The highest BCUT2D eigenvalue weighted by Crippen LogP contribution is 2.12. The second-order valence-corrected chi connectivity index (χ2v) is 15.0. The minimum absolute atomic E-state index is 0.0598. The molecule has 0 bridgehead atoms. The molecule has 0 aromatic carbocycles. The highest BCUT2D eigenvalue weighted by atomic mass is 16.6. The van der Waals surface area contributed by atoms with Crippen LogP contribution in [0.25, 0.3) is 0 Å². The molecule has 0 spiro atoms. The van der Waals surface area contributed by atoms with Crippen LogP contribution in [0, 0.1) is 0 Å². The molecule has 54 heavy (non-hydrogen) atoms. The van der Waals surface area contributed by atoms with Gasteiger partial charge in [0.2, 0.25) is 0 Å². The van der Waals surface area contributed by atoms with E-state index in [1.807, 2.05) is 0 Å². The number of hydrogen-bond donors (Lipinski definition) is 1. The molecule has 0 saturated heterocycles. The van der Waals surface area contributed by atoms with Crippen LogP contribution in [0.2, 0.25) is 0 Å². The summed E-state index contributed by atoms with van der Waals surface area (Å²) < 4.78 is 16.4. The summed E-state index contributed by atoms with van der Waals surface area (Å²) in [5, 5.41) is 2.74. The molecule has 316 valence electrons. The van der Waals surface area contributed by atoms with Gasteiger partial charge >= 0.3 is 18.0 Å². The van der Waals surface area contributed by atoms with Crippen molar-refractivity contribution in [3.63, 3.8) is 0 Å². The first-order valence-corrected chi connectivity index (χ1v) is 22.7. The summed E-state index contributed by atoms with van der Waals surface area (Å²) in [7, 11) is 0. The van der Waals surface area contributed by atoms with Crippen LogP contribution in [-0.4, -0.2) is 68.4 Å². The quantitative estimate of drug-likeness (QED) is 0.0287. The maximum absolute atomic E-state index is 12.5. The van der Waals surface area contributed by atoms with Gasteiger partial charge in [-0.2, -0.15) is 0 Å².